The Kier molecular flexibility index (Phi) is 5.97. The van der Waals surface area contributed by atoms with E-state index in [2.05, 4.69) is 16.0 Å². The van der Waals surface area contributed by atoms with Gasteiger partial charge in [0.25, 0.3) is 5.91 Å². The molecule has 0 unspecified atom stereocenters. The predicted molar refractivity (Wildman–Crippen MR) is 117 cm³/mol. The highest BCUT2D eigenvalue weighted by Gasteiger charge is 2.33. The fourth-order valence-corrected chi connectivity index (χ4v) is 4.69. The SMILES string of the molecule is N#Cc1nc(C=C2SC(=S)N(Cc3ccccc3)C2=O)oc1N1CCCCCC1. The third kappa shape index (κ3) is 4.36. The van der Waals surface area contributed by atoms with Crippen LogP contribution in [0.4, 0.5) is 5.88 Å². The number of thioether (sulfide) groups is 1. The second kappa shape index (κ2) is 8.80. The highest BCUT2D eigenvalue weighted by Crippen LogP contribution is 2.34. The summed E-state index contributed by atoms with van der Waals surface area (Å²) in [6.07, 6.45) is 6.09. The number of nitriles is 1. The number of benzene rings is 1. The summed E-state index contributed by atoms with van der Waals surface area (Å²) in [4.78, 5) is 21.2. The zero-order valence-electron chi connectivity index (χ0n) is 15.8. The fraction of sp³-hybridized carbons (Fsp3) is 0.333. The first-order valence-electron chi connectivity index (χ1n) is 9.61. The van der Waals surface area contributed by atoms with Crippen molar-refractivity contribution in [2.45, 2.75) is 32.2 Å². The van der Waals surface area contributed by atoms with Crippen LogP contribution < -0.4 is 4.90 Å². The van der Waals surface area contributed by atoms with Crippen LogP contribution in [-0.4, -0.2) is 33.2 Å². The summed E-state index contributed by atoms with van der Waals surface area (Å²) in [7, 11) is 0. The van der Waals surface area contributed by atoms with Crippen LogP contribution in [0.5, 0.6) is 0 Å². The second-order valence-electron chi connectivity index (χ2n) is 6.97. The minimum Gasteiger partial charge on any atom is -0.420 e. The molecule has 0 N–H and O–H groups in total. The molecule has 2 saturated heterocycles. The van der Waals surface area contributed by atoms with E-state index in [1.54, 1.807) is 11.0 Å². The Labute approximate surface area is 179 Å². The van der Waals surface area contributed by atoms with Gasteiger partial charge in [-0.3, -0.25) is 9.69 Å². The number of rotatable bonds is 4. The van der Waals surface area contributed by atoms with E-state index in [9.17, 15) is 10.1 Å². The number of nitrogens with zero attached hydrogens (tertiary/aromatic N) is 4. The van der Waals surface area contributed by atoms with Gasteiger partial charge in [0.1, 0.15) is 10.4 Å². The van der Waals surface area contributed by atoms with Crippen molar-refractivity contribution in [1.82, 2.24) is 9.88 Å². The molecule has 4 rings (SSSR count). The van der Waals surface area contributed by atoms with Gasteiger partial charge in [-0.1, -0.05) is 67.2 Å². The molecule has 1 aromatic heterocycles. The first-order chi connectivity index (χ1) is 14.2. The lowest BCUT2D eigenvalue weighted by Crippen LogP contribution is -2.27. The van der Waals surface area contributed by atoms with E-state index >= 15 is 0 Å². The molecule has 2 aliphatic heterocycles. The zero-order valence-corrected chi connectivity index (χ0v) is 17.5. The maximum absolute atomic E-state index is 12.8. The number of thiocarbonyl (C=S) groups is 1. The molecule has 0 spiro atoms. The molecule has 6 nitrogen and oxygen atoms in total. The maximum atomic E-state index is 12.8. The van der Waals surface area contributed by atoms with Crippen LogP contribution in [0.15, 0.2) is 39.7 Å². The quantitative estimate of drug-likeness (QED) is 0.534. The Morgan fingerprint density at radius 1 is 1.21 bits per heavy atom. The summed E-state index contributed by atoms with van der Waals surface area (Å²) in [6, 6.07) is 11.8. The molecule has 0 bridgehead atoms. The first kappa shape index (κ1) is 19.7. The van der Waals surface area contributed by atoms with Gasteiger partial charge in [-0.15, -0.1) is 0 Å². The van der Waals surface area contributed by atoms with Crippen molar-refractivity contribution in [3.8, 4) is 6.07 Å². The van der Waals surface area contributed by atoms with Crippen molar-refractivity contribution < 1.29 is 9.21 Å². The first-order valence-corrected chi connectivity index (χ1v) is 10.8. The molecule has 2 aromatic rings. The molecule has 148 valence electrons. The Hall–Kier alpha value is -2.63. The van der Waals surface area contributed by atoms with Crippen LogP contribution >= 0.6 is 24.0 Å². The van der Waals surface area contributed by atoms with Gasteiger partial charge in [-0.25, -0.2) is 0 Å². The Morgan fingerprint density at radius 3 is 2.62 bits per heavy atom. The van der Waals surface area contributed by atoms with Gasteiger partial charge in [0.05, 0.1) is 11.4 Å². The van der Waals surface area contributed by atoms with Crippen molar-refractivity contribution in [1.29, 1.82) is 5.26 Å². The standard InChI is InChI=1S/C21H20N4O2S2/c22-13-16-20(24-10-6-1-2-7-11-24)27-18(23-16)12-17-19(26)25(21(28)29-17)14-15-8-4-3-5-9-15/h3-5,8-9,12H,1-2,6-7,10-11,14H2. The Balaban J connectivity index is 1.55. The smallest absolute Gasteiger partial charge is 0.266 e. The molecule has 0 atom stereocenters. The minimum atomic E-state index is -0.170. The van der Waals surface area contributed by atoms with Crippen molar-refractivity contribution in [2.75, 3.05) is 18.0 Å². The van der Waals surface area contributed by atoms with E-state index in [1.807, 2.05) is 30.3 Å². The van der Waals surface area contributed by atoms with Gasteiger partial charge < -0.3 is 9.32 Å². The number of oxazole rings is 1. The summed E-state index contributed by atoms with van der Waals surface area (Å²) in [5.74, 6) is 0.596. The van der Waals surface area contributed by atoms with E-state index < -0.39 is 0 Å². The minimum absolute atomic E-state index is 0.170. The molecule has 8 heteroatoms. The van der Waals surface area contributed by atoms with Gasteiger partial charge >= 0.3 is 0 Å². The van der Waals surface area contributed by atoms with Crippen LogP contribution in [-0.2, 0) is 11.3 Å². The molecule has 2 aliphatic rings. The molecule has 3 heterocycles. The van der Waals surface area contributed by atoms with Crippen molar-refractivity contribution in [2.24, 2.45) is 0 Å². The van der Waals surface area contributed by atoms with Crippen molar-refractivity contribution >= 4 is 46.2 Å². The van der Waals surface area contributed by atoms with Gasteiger partial charge in [0.15, 0.2) is 0 Å². The normalized spacial score (nSPS) is 18.9. The average Bonchev–Trinajstić information content (AvgIpc) is 3.11. The molecule has 0 radical (unpaired) electrons. The van der Waals surface area contributed by atoms with Crippen LogP contribution in [0.1, 0.15) is 42.8 Å². The number of amides is 1. The van der Waals surface area contributed by atoms with Crippen LogP contribution in [0.25, 0.3) is 6.08 Å². The van der Waals surface area contributed by atoms with Gasteiger partial charge in [-0.2, -0.15) is 10.2 Å². The average molecular weight is 425 g/mol. The van der Waals surface area contributed by atoms with E-state index in [0.29, 0.717) is 21.7 Å². The molecule has 29 heavy (non-hydrogen) atoms. The topological polar surface area (TPSA) is 73.4 Å². The summed E-state index contributed by atoms with van der Waals surface area (Å²) < 4.78 is 6.39. The predicted octanol–water partition coefficient (Wildman–Crippen LogP) is 4.33. The molecule has 0 aliphatic carbocycles. The number of hydrogen-bond donors (Lipinski definition) is 0. The third-order valence-electron chi connectivity index (χ3n) is 4.94. The summed E-state index contributed by atoms with van der Waals surface area (Å²) >= 11 is 6.63. The summed E-state index contributed by atoms with van der Waals surface area (Å²) in [5.41, 5.74) is 1.27. The Morgan fingerprint density at radius 2 is 1.93 bits per heavy atom. The molecular weight excluding hydrogens is 404 g/mol. The summed E-state index contributed by atoms with van der Waals surface area (Å²) in [5, 5.41) is 9.47. The van der Waals surface area contributed by atoms with Crippen LogP contribution in [0.2, 0.25) is 0 Å². The van der Waals surface area contributed by atoms with E-state index in [1.165, 1.54) is 24.6 Å². The second-order valence-corrected chi connectivity index (χ2v) is 8.65. The van der Waals surface area contributed by atoms with E-state index in [4.69, 9.17) is 16.6 Å². The van der Waals surface area contributed by atoms with Gasteiger partial charge in [0.2, 0.25) is 17.5 Å². The van der Waals surface area contributed by atoms with Crippen LogP contribution in [0.3, 0.4) is 0 Å². The highest BCUT2D eigenvalue weighted by atomic mass is 32.2. The molecular formula is C21H20N4O2S2. The number of hydrogen-bond acceptors (Lipinski definition) is 7. The molecule has 0 saturated carbocycles. The number of carbonyl (C=O) groups is 1. The molecule has 2 fully saturated rings. The molecule has 1 amide bonds. The zero-order chi connectivity index (χ0) is 20.2. The lowest BCUT2D eigenvalue weighted by atomic mass is 10.2. The van der Waals surface area contributed by atoms with Crippen LogP contribution in [0, 0.1) is 11.3 Å². The van der Waals surface area contributed by atoms with Gasteiger partial charge in [-0.05, 0) is 18.4 Å². The highest BCUT2D eigenvalue weighted by molar-refractivity contribution is 8.26. The van der Waals surface area contributed by atoms with Crippen molar-refractivity contribution in [3.63, 3.8) is 0 Å². The Bertz CT molecular complexity index is 986. The fourth-order valence-electron chi connectivity index (χ4n) is 3.47. The number of anilines is 1. The molecule has 1 aromatic carbocycles. The lowest BCUT2D eigenvalue weighted by molar-refractivity contribution is -0.122. The third-order valence-corrected chi connectivity index (χ3v) is 6.31. The monoisotopic (exact) mass is 424 g/mol. The lowest BCUT2D eigenvalue weighted by Gasteiger charge is -2.18. The number of carbonyl (C=O) groups excluding carboxylic acids is 1. The van der Waals surface area contributed by atoms with Gasteiger partial charge in [0, 0.05) is 19.2 Å². The van der Waals surface area contributed by atoms with E-state index in [-0.39, 0.29) is 17.5 Å². The van der Waals surface area contributed by atoms with Crippen molar-refractivity contribution in [3.05, 3.63) is 52.4 Å². The summed E-state index contributed by atoms with van der Waals surface area (Å²) in [6.45, 7) is 2.13. The maximum Gasteiger partial charge on any atom is 0.266 e. The van der Waals surface area contributed by atoms with E-state index in [0.717, 1.165) is 31.5 Å². The largest absolute Gasteiger partial charge is 0.420 e. The number of aromatic nitrogens is 1.